The van der Waals surface area contributed by atoms with Crippen LogP contribution >= 0.6 is 35.1 Å². The van der Waals surface area contributed by atoms with Gasteiger partial charge in [0.25, 0.3) is 0 Å². The van der Waals surface area contributed by atoms with Gasteiger partial charge in [0.1, 0.15) is 0 Å². The molecular weight excluding hydrogens is 184 g/mol. The monoisotopic (exact) mass is 188 g/mol. The molecule has 0 saturated heterocycles. The third-order valence-corrected chi connectivity index (χ3v) is 3.86. The van der Waals surface area contributed by atoms with Gasteiger partial charge in [0.15, 0.2) is 0 Å². The van der Waals surface area contributed by atoms with E-state index < -0.39 is 0 Å². The third-order valence-electron chi connectivity index (χ3n) is 1.35. The Balaban J connectivity index is 2.45. The molecule has 0 nitrogen and oxygen atoms in total. The van der Waals surface area contributed by atoms with Crippen molar-refractivity contribution in [3.8, 4) is 0 Å². The Kier molecular flexibility index (Phi) is 1.85. The molecule has 2 aliphatic heterocycles. The van der Waals surface area contributed by atoms with E-state index >= 15 is 0 Å². The van der Waals surface area contributed by atoms with Gasteiger partial charge in [-0.3, -0.25) is 0 Å². The summed E-state index contributed by atoms with van der Waals surface area (Å²) in [5.74, 6) is 1.08. The molecule has 0 unspecified atom stereocenters. The molecule has 2 heterocycles. The molecule has 0 N–H and O–H groups in total. The van der Waals surface area contributed by atoms with Gasteiger partial charge in [0.2, 0.25) is 0 Å². The lowest BCUT2D eigenvalue weighted by Gasteiger charge is -2.06. The number of hydrogen-bond donors (Lipinski definition) is 0. The second-order valence-corrected chi connectivity index (χ2v) is 4.36. The average Bonchev–Trinajstić information content (AvgIpc) is 2.36. The fourth-order valence-corrected chi connectivity index (χ4v) is 3.38. The van der Waals surface area contributed by atoms with Crippen molar-refractivity contribution >= 4 is 35.1 Å². The standard InChI is InChI=1S/C7H5ClS2/c8-5-1-3-9-6-2-4-10-7(5)6/h1-3H,4H2. The molecule has 0 bridgehead atoms. The van der Waals surface area contributed by atoms with Crippen LogP contribution in [0.1, 0.15) is 0 Å². The summed E-state index contributed by atoms with van der Waals surface area (Å²) < 4.78 is 0. The SMILES string of the molecule is ClC1=C2SCC=C2SC=C1. The summed E-state index contributed by atoms with van der Waals surface area (Å²) in [5.41, 5.74) is 0. The van der Waals surface area contributed by atoms with Crippen molar-refractivity contribution in [2.24, 2.45) is 0 Å². The van der Waals surface area contributed by atoms with Gasteiger partial charge in [0.05, 0.1) is 5.03 Å². The molecule has 0 aliphatic carbocycles. The quantitative estimate of drug-likeness (QED) is 0.572. The summed E-state index contributed by atoms with van der Waals surface area (Å²) in [7, 11) is 0. The van der Waals surface area contributed by atoms with E-state index in [9.17, 15) is 0 Å². The van der Waals surface area contributed by atoms with E-state index in [2.05, 4.69) is 6.08 Å². The maximum Gasteiger partial charge on any atom is 0.0558 e. The average molecular weight is 189 g/mol. The highest BCUT2D eigenvalue weighted by Gasteiger charge is 2.17. The first-order valence-corrected chi connectivity index (χ1v) is 5.18. The molecule has 2 aliphatic rings. The zero-order chi connectivity index (χ0) is 6.97. The Morgan fingerprint density at radius 3 is 3.20 bits per heavy atom. The van der Waals surface area contributed by atoms with Gasteiger partial charge >= 0.3 is 0 Å². The van der Waals surface area contributed by atoms with Crippen molar-refractivity contribution < 1.29 is 0 Å². The Bertz CT molecular complexity index is 250. The molecule has 0 fully saturated rings. The van der Waals surface area contributed by atoms with Gasteiger partial charge in [-0.1, -0.05) is 29.4 Å². The molecule has 0 saturated carbocycles. The van der Waals surface area contributed by atoms with Crippen LogP contribution in [0.5, 0.6) is 0 Å². The number of halogens is 1. The van der Waals surface area contributed by atoms with Crippen LogP contribution in [0.15, 0.2) is 32.4 Å². The summed E-state index contributed by atoms with van der Waals surface area (Å²) in [6, 6.07) is 0. The first kappa shape index (κ1) is 6.89. The lowest BCUT2D eigenvalue weighted by atomic mass is 10.4. The van der Waals surface area contributed by atoms with Gasteiger partial charge in [-0.2, -0.15) is 0 Å². The van der Waals surface area contributed by atoms with Crippen LogP contribution in [0.25, 0.3) is 0 Å². The molecular formula is C7H5ClS2. The third kappa shape index (κ3) is 1.04. The second-order valence-electron chi connectivity index (χ2n) is 1.98. The molecule has 10 heavy (non-hydrogen) atoms. The molecule has 0 radical (unpaired) electrons. The minimum absolute atomic E-state index is 0.896. The predicted octanol–water partition coefficient (Wildman–Crippen LogP) is 3.33. The molecule has 0 spiro atoms. The molecule has 52 valence electrons. The van der Waals surface area contributed by atoms with E-state index in [0.717, 1.165) is 10.8 Å². The molecule has 2 rings (SSSR count). The van der Waals surface area contributed by atoms with E-state index in [1.807, 2.05) is 23.2 Å². The highest BCUT2D eigenvalue weighted by Crippen LogP contribution is 2.44. The fraction of sp³-hybridized carbons (Fsp3) is 0.143. The Morgan fingerprint density at radius 2 is 2.40 bits per heavy atom. The van der Waals surface area contributed by atoms with Crippen LogP contribution in [0.2, 0.25) is 0 Å². The van der Waals surface area contributed by atoms with Gasteiger partial charge in [0, 0.05) is 15.6 Å². The Morgan fingerprint density at radius 1 is 1.50 bits per heavy atom. The van der Waals surface area contributed by atoms with E-state index in [4.69, 9.17) is 11.6 Å². The summed E-state index contributed by atoms with van der Waals surface area (Å²) in [6.07, 6.45) is 4.17. The largest absolute Gasteiger partial charge is 0.119 e. The van der Waals surface area contributed by atoms with E-state index in [0.29, 0.717) is 0 Å². The maximum absolute atomic E-state index is 5.94. The lowest BCUT2D eigenvalue weighted by molar-refractivity contribution is 1.75. The van der Waals surface area contributed by atoms with Crippen LogP contribution in [-0.4, -0.2) is 5.75 Å². The maximum atomic E-state index is 5.94. The van der Waals surface area contributed by atoms with Crippen LogP contribution in [-0.2, 0) is 0 Å². The first-order valence-electron chi connectivity index (χ1n) is 2.94. The molecule has 0 atom stereocenters. The van der Waals surface area contributed by atoms with Crippen molar-refractivity contribution in [3.05, 3.63) is 32.4 Å². The van der Waals surface area contributed by atoms with Gasteiger partial charge in [-0.15, -0.1) is 11.8 Å². The van der Waals surface area contributed by atoms with Gasteiger partial charge in [-0.05, 0) is 11.5 Å². The summed E-state index contributed by atoms with van der Waals surface area (Å²) in [4.78, 5) is 2.59. The van der Waals surface area contributed by atoms with Crippen molar-refractivity contribution in [1.82, 2.24) is 0 Å². The highest BCUT2D eigenvalue weighted by atomic mass is 35.5. The summed E-state index contributed by atoms with van der Waals surface area (Å²) in [5, 5.41) is 2.93. The summed E-state index contributed by atoms with van der Waals surface area (Å²) in [6.45, 7) is 0. The Labute approximate surface area is 73.4 Å². The van der Waals surface area contributed by atoms with Crippen LogP contribution in [0.4, 0.5) is 0 Å². The van der Waals surface area contributed by atoms with Crippen molar-refractivity contribution in [2.45, 2.75) is 0 Å². The normalized spacial score (nSPS) is 23.1. The molecule has 0 aromatic heterocycles. The minimum atomic E-state index is 0.896. The van der Waals surface area contributed by atoms with Crippen molar-refractivity contribution in [1.29, 1.82) is 0 Å². The van der Waals surface area contributed by atoms with Crippen LogP contribution in [0, 0.1) is 0 Å². The van der Waals surface area contributed by atoms with Gasteiger partial charge in [-0.25, -0.2) is 0 Å². The first-order chi connectivity index (χ1) is 4.88. The summed E-state index contributed by atoms with van der Waals surface area (Å²) >= 11 is 9.51. The topological polar surface area (TPSA) is 0 Å². The predicted molar refractivity (Wildman–Crippen MR) is 50.2 cm³/mol. The molecule has 0 aromatic rings. The fourth-order valence-electron chi connectivity index (χ4n) is 0.896. The minimum Gasteiger partial charge on any atom is -0.119 e. The van der Waals surface area contributed by atoms with Crippen LogP contribution < -0.4 is 0 Å². The number of allylic oxidation sites excluding steroid dienone is 2. The molecule has 0 amide bonds. The molecule has 0 aromatic carbocycles. The van der Waals surface area contributed by atoms with Crippen molar-refractivity contribution in [3.63, 3.8) is 0 Å². The van der Waals surface area contributed by atoms with E-state index in [-0.39, 0.29) is 0 Å². The number of hydrogen-bond acceptors (Lipinski definition) is 2. The van der Waals surface area contributed by atoms with Gasteiger partial charge < -0.3 is 0 Å². The number of thioether (sulfide) groups is 2. The second kappa shape index (κ2) is 2.68. The van der Waals surface area contributed by atoms with Crippen molar-refractivity contribution in [2.75, 3.05) is 5.75 Å². The Hall–Kier alpha value is 0.210. The zero-order valence-electron chi connectivity index (χ0n) is 5.13. The number of fused-ring (bicyclic) bond motifs is 1. The number of rotatable bonds is 0. The van der Waals surface area contributed by atoms with E-state index in [1.54, 1.807) is 11.8 Å². The molecule has 3 heteroatoms. The van der Waals surface area contributed by atoms with E-state index in [1.165, 1.54) is 9.81 Å². The zero-order valence-corrected chi connectivity index (χ0v) is 7.52. The highest BCUT2D eigenvalue weighted by molar-refractivity contribution is 8.10. The lowest BCUT2D eigenvalue weighted by Crippen LogP contribution is -1.80. The van der Waals surface area contributed by atoms with Crippen LogP contribution in [0.3, 0.4) is 0 Å². The smallest absolute Gasteiger partial charge is 0.0558 e.